The number of thiophene rings is 1. The first-order valence-electron chi connectivity index (χ1n) is 13.1. The van der Waals surface area contributed by atoms with Gasteiger partial charge in [-0.2, -0.15) is 0 Å². The van der Waals surface area contributed by atoms with Gasteiger partial charge in [-0.25, -0.2) is 0 Å². The first-order chi connectivity index (χ1) is 18.3. The minimum absolute atomic E-state index is 0.201. The maximum absolute atomic E-state index is 13.7. The van der Waals surface area contributed by atoms with Crippen molar-refractivity contribution in [1.82, 2.24) is 20.9 Å². The highest BCUT2D eigenvalue weighted by atomic mass is 32.1. The normalized spacial score (nSPS) is 15.6. The number of fused-ring (bicyclic) bond motifs is 1. The first-order valence-corrected chi connectivity index (χ1v) is 13.9. The number of amides is 3. The second-order valence-corrected chi connectivity index (χ2v) is 11.2. The lowest BCUT2D eigenvalue weighted by Crippen LogP contribution is -2.58. The number of nitrogens with one attached hydrogen (secondary N) is 3. The van der Waals surface area contributed by atoms with Crippen molar-refractivity contribution in [2.75, 3.05) is 27.2 Å². The number of hydrogen-bond acceptors (Lipinski definition) is 5. The van der Waals surface area contributed by atoms with Crippen molar-refractivity contribution in [3.05, 3.63) is 83.3 Å². The third kappa shape index (κ3) is 7.30. The van der Waals surface area contributed by atoms with Gasteiger partial charge in [-0.05, 0) is 56.4 Å². The standard InChI is InChI=1S/C30H36N4O3S/c1-34(2)19-18-31-27(35)15-14-24(20-22-10-4-3-5-11-22)32-29(37)30(16-8-9-17-30)33-28(36)26-21-23-12-6-7-13-25(23)38-26/h3-7,10-15,21,24H,8-9,16-20H2,1-2H3,(H,31,35)(H,32,37)(H,33,36)/t24-/m0/s1. The molecule has 0 unspecified atom stereocenters. The third-order valence-corrected chi connectivity index (χ3v) is 7.96. The van der Waals surface area contributed by atoms with Gasteiger partial charge in [0.25, 0.3) is 5.91 Å². The number of carbonyl (C=O) groups excluding carboxylic acids is 3. The fraction of sp³-hybridized carbons (Fsp3) is 0.367. The Balaban J connectivity index is 1.48. The van der Waals surface area contributed by atoms with Crippen LogP contribution in [-0.4, -0.2) is 61.4 Å². The molecule has 8 heteroatoms. The summed E-state index contributed by atoms with van der Waals surface area (Å²) in [5.74, 6) is -0.630. The molecular weight excluding hydrogens is 496 g/mol. The number of hydrogen-bond donors (Lipinski definition) is 3. The molecule has 38 heavy (non-hydrogen) atoms. The maximum Gasteiger partial charge on any atom is 0.262 e. The molecule has 1 aliphatic rings. The Morgan fingerprint density at radius 3 is 2.45 bits per heavy atom. The van der Waals surface area contributed by atoms with Gasteiger partial charge in [0.1, 0.15) is 5.54 Å². The molecule has 1 atom stereocenters. The molecule has 1 aromatic heterocycles. The molecule has 3 aromatic rings. The van der Waals surface area contributed by atoms with Crippen LogP contribution >= 0.6 is 11.3 Å². The summed E-state index contributed by atoms with van der Waals surface area (Å²) < 4.78 is 1.04. The average molecular weight is 533 g/mol. The van der Waals surface area contributed by atoms with E-state index in [-0.39, 0.29) is 17.7 Å². The van der Waals surface area contributed by atoms with Gasteiger partial charge in [-0.1, -0.05) is 67.4 Å². The number of benzene rings is 2. The minimum atomic E-state index is -0.968. The van der Waals surface area contributed by atoms with Crippen LogP contribution in [0, 0.1) is 0 Å². The number of likely N-dealkylation sites (N-methyl/N-ethyl adjacent to an activating group) is 1. The van der Waals surface area contributed by atoms with Gasteiger partial charge < -0.3 is 20.9 Å². The van der Waals surface area contributed by atoms with Crippen LogP contribution in [0.3, 0.4) is 0 Å². The molecule has 4 rings (SSSR count). The van der Waals surface area contributed by atoms with Gasteiger partial charge >= 0.3 is 0 Å². The summed E-state index contributed by atoms with van der Waals surface area (Å²) in [6.45, 7) is 1.28. The fourth-order valence-electron chi connectivity index (χ4n) is 4.77. The van der Waals surface area contributed by atoms with E-state index in [9.17, 15) is 14.4 Å². The highest BCUT2D eigenvalue weighted by Gasteiger charge is 2.43. The summed E-state index contributed by atoms with van der Waals surface area (Å²) in [7, 11) is 3.90. The van der Waals surface area contributed by atoms with Crippen LogP contribution in [0.4, 0.5) is 0 Å². The molecule has 200 valence electrons. The van der Waals surface area contributed by atoms with Crippen molar-refractivity contribution in [2.45, 2.75) is 43.7 Å². The Bertz CT molecular complexity index is 1250. The zero-order valence-corrected chi connectivity index (χ0v) is 22.9. The van der Waals surface area contributed by atoms with Crippen LogP contribution in [0.1, 0.15) is 40.9 Å². The Kier molecular flexibility index (Phi) is 9.31. The van der Waals surface area contributed by atoms with Crippen LogP contribution in [0.2, 0.25) is 0 Å². The van der Waals surface area contributed by atoms with E-state index in [1.807, 2.05) is 79.7 Å². The largest absolute Gasteiger partial charge is 0.351 e. The molecule has 3 amide bonds. The van der Waals surface area contributed by atoms with Crippen molar-refractivity contribution < 1.29 is 14.4 Å². The van der Waals surface area contributed by atoms with Crippen LogP contribution in [-0.2, 0) is 16.0 Å². The van der Waals surface area contributed by atoms with Gasteiger partial charge in [0.15, 0.2) is 0 Å². The molecular formula is C30H36N4O3S. The summed E-state index contributed by atoms with van der Waals surface area (Å²) in [5.41, 5.74) is 0.0783. The van der Waals surface area contributed by atoms with E-state index in [0.717, 1.165) is 35.0 Å². The molecule has 1 saturated carbocycles. The molecule has 3 N–H and O–H groups in total. The van der Waals surface area contributed by atoms with E-state index >= 15 is 0 Å². The molecule has 0 radical (unpaired) electrons. The molecule has 0 bridgehead atoms. The lowest BCUT2D eigenvalue weighted by atomic mass is 9.94. The quantitative estimate of drug-likeness (QED) is 0.327. The van der Waals surface area contributed by atoms with E-state index < -0.39 is 11.6 Å². The zero-order valence-electron chi connectivity index (χ0n) is 22.0. The number of carbonyl (C=O) groups is 3. The second kappa shape index (κ2) is 12.8. The van der Waals surface area contributed by atoms with Gasteiger partial charge in [0.2, 0.25) is 11.8 Å². The van der Waals surface area contributed by atoms with Crippen LogP contribution < -0.4 is 16.0 Å². The predicted molar refractivity (Wildman–Crippen MR) is 153 cm³/mol. The van der Waals surface area contributed by atoms with Crippen molar-refractivity contribution in [1.29, 1.82) is 0 Å². The van der Waals surface area contributed by atoms with E-state index in [4.69, 9.17) is 0 Å². The smallest absolute Gasteiger partial charge is 0.262 e. The summed E-state index contributed by atoms with van der Waals surface area (Å²) in [4.78, 5) is 42.0. The maximum atomic E-state index is 13.7. The molecule has 1 heterocycles. The number of rotatable bonds is 11. The lowest BCUT2D eigenvalue weighted by molar-refractivity contribution is -0.127. The predicted octanol–water partition coefficient (Wildman–Crippen LogP) is 3.91. The summed E-state index contributed by atoms with van der Waals surface area (Å²) >= 11 is 1.43. The van der Waals surface area contributed by atoms with E-state index in [0.29, 0.717) is 30.7 Å². The monoisotopic (exact) mass is 532 g/mol. The van der Waals surface area contributed by atoms with Crippen molar-refractivity contribution in [2.24, 2.45) is 0 Å². The highest BCUT2D eigenvalue weighted by molar-refractivity contribution is 7.20. The highest BCUT2D eigenvalue weighted by Crippen LogP contribution is 2.32. The Hall–Kier alpha value is -3.49. The van der Waals surface area contributed by atoms with Crippen LogP contribution in [0.5, 0.6) is 0 Å². The molecule has 0 spiro atoms. The summed E-state index contributed by atoms with van der Waals surface area (Å²) in [6, 6.07) is 19.2. The van der Waals surface area contributed by atoms with Gasteiger partial charge in [0.05, 0.1) is 10.9 Å². The molecule has 0 aliphatic heterocycles. The average Bonchev–Trinajstić information content (AvgIpc) is 3.56. The van der Waals surface area contributed by atoms with E-state index in [1.54, 1.807) is 6.08 Å². The van der Waals surface area contributed by atoms with Gasteiger partial charge in [-0.15, -0.1) is 11.3 Å². The third-order valence-electron chi connectivity index (χ3n) is 6.85. The Morgan fingerprint density at radius 2 is 1.74 bits per heavy atom. The lowest BCUT2D eigenvalue weighted by Gasteiger charge is -2.30. The van der Waals surface area contributed by atoms with E-state index in [1.165, 1.54) is 17.4 Å². The van der Waals surface area contributed by atoms with E-state index in [2.05, 4.69) is 16.0 Å². The molecule has 0 saturated heterocycles. The van der Waals surface area contributed by atoms with Crippen LogP contribution in [0.25, 0.3) is 10.1 Å². The van der Waals surface area contributed by atoms with Crippen LogP contribution in [0.15, 0.2) is 72.8 Å². The SMILES string of the molecule is CN(C)CCNC(=O)C=C[C@@H](Cc1ccccc1)NC(=O)C1(NC(=O)c2cc3ccccc3s2)CCCC1. The van der Waals surface area contributed by atoms with Gasteiger partial charge in [-0.3, -0.25) is 14.4 Å². The molecule has 2 aromatic carbocycles. The summed E-state index contributed by atoms with van der Waals surface area (Å²) in [6.07, 6.45) is 6.67. The number of nitrogens with zero attached hydrogens (tertiary/aromatic N) is 1. The molecule has 7 nitrogen and oxygen atoms in total. The second-order valence-electron chi connectivity index (χ2n) is 10.1. The van der Waals surface area contributed by atoms with Crippen molar-refractivity contribution in [3.63, 3.8) is 0 Å². The minimum Gasteiger partial charge on any atom is -0.351 e. The van der Waals surface area contributed by atoms with Crippen molar-refractivity contribution >= 4 is 39.1 Å². The topological polar surface area (TPSA) is 90.5 Å². The summed E-state index contributed by atoms with van der Waals surface area (Å²) in [5, 5.41) is 10.1. The first kappa shape index (κ1) is 27.5. The molecule has 1 aliphatic carbocycles. The Labute approximate surface area is 228 Å². The van der Waals surface area contributed by atoms with Crippen molar-refractivity contribution in [3.8, 4) is 0 Å². The molecule has 1 fully saturated rings. The Morgan fingerprint density at radius 1 is 1.03 bits per heavy atom. The van der Waals surface area contributed by atoms with Gasteiger partial charge in [0, 0.05) is 23.9 Å². The fourth-order valence-corrected chi connectivity index (χ4v) is 5.72. The zero-order chi connectivity index (χ0) is 27.0.